The lowest BCUT2D eigenvalue weighted by Crippen LogP contribution is -2.55. The maximum atomic E-state index is 13.5. The van der Waals surface area contributed by atoms with E-state index in [0.717, 1.165) is 44.3 Å². The van der Waals surface area contributed by atoms with Gasteiger partial charge in [0.15, 0.2) is 0 Å². The largest absolute Gasteiger partial charge is 0.354 e. The molecule has 1 atom stereocenters. The van der Waals surface area contributed by atoms with Gasteiger partial charge in [0, 0.05) is 37.3 Å². The van der Waals surface area contributed by atoms with Crippen molar-refractivity contribution < 1.29 is 9.59 Å². The Kier molecular flexibility index (Phi) is 6.63. The van der Waals surface area contributed by atoms with Gasteiger partial charge in [-0.1, -0.05) is 38.2 Å². The van der Waals surface area contributed by atoms with Crippen molar-refractivity contribution in [2.45, 2.75) is 102 Å². The Hall–Kier alpha value is -1.36. The van der Waals surface area contributed by atoms with E-state index >= 15 is 0 Å². The second-order valence-corrected chi connectivity index (χ2v) is 9.79. The Bertz CT molecular complexity index is 634. The van der Waals surface area contributed by atoms with Crippen molar-refractivity contribution in [3.8, 4) is 0 Å². The molecule has 0 bridgehead atoms. The molecule has 2 saturated carbocycles. The summed E-state index contributed by atoms with van der Waals surface area (Å²) >= 11 is 0. The molecule has 3 fully saturated rings. The van der Waals surface area contributed by atoms with Crippen molar-refractivity contribution in [2.24, 2.45) is 5.41 Å². The number of carbonyl (C=O) groups excluding carboxylic acids is 2. The van der Waals surface area contributed by atoms with Gasteiger partial charge in [-0.25, -0.2) is 0 Å². The fraction of sp³-hybridized carbons (Fsp3) is 0.833. The van der Waals surface area contributed by atoms with Crippen LogP contribution in [-0.2, 0) is 9.59 Å². The smallest absolute Gasteiger partial charge is 0.232 e. The van der Waals surface area contributed by atoms with Gasteiger partial charge in [0.25, 0.3) is 0 Å². The Labute approximate surface area is 176 Å². The third-order valence-electron chi connectivity index (χ3n) is 8.00. The Morgan fingerprint density at radius 3 is 2.59 bits per heavy atom. The zero-order valence-electron chi connectivity index (χ0n) is 18.3. The summed E-state index contributed by atoms with van der Waals surface area (Å²) in [6.07, 6.45) is 17.6. The molecule has 1 aliphatic heterocycles. The van der Waals surface area contributed by atoms with Crippen molar-refractivity contribution in [1.82, 2.24) is 15.1 Å². The molecular formula is C24H39N3O2. The number of allylic oxidation sites excluding steroid dienone is 1. The second kappa shape index (κ2) is 9.20. The van der Waals surface area contributed by atoms with Crippen LogP contribution in [0.5, 0.6) is 0 Å². The number of nitrogens with zero attached hydrogens (tertiary/aromatic N) is 2. The standard InChI is InChI=1S/C24H39N3O2/c1-26(19-9-3-2-4-10-19)18-17-25-23(29)24-15-8-7-13-21(24)27(22(28)14-16-24)20-11-5-6-12-20/h13,19-20H,2-12,14-18H2,1H3,(H,25,29). The minimum atomic E-state index is -0.474. The van der Waals surface area contributed by atoms with Crippen LogP contribution in [0.25, 0.3) is 0 Å². The molecular weight excluding hydrogens is 362 g/mol. The summed E-state index contributed by atoms with van der Waals surface area (Å²) in [7, 11) is 2.20. The van der Waals surface area contributed by atoms with Gasteiger partial charge in [0.1, 0.15) is 0 Å². The maximum Gasteiger partial charge on any atom is 0.232 e. The van der Waals surface area contributed by atoms with Crippen LogP contribution in [0.4, 0.5) is 0 Å². The number of hydrogen-bond acceptors (Lipinski definition) is 3. The molecule has 0 aromatic rings. The molecule has 0 radical (unpaired) electrons. The van der Waals surface area contributed by atoms with Gasteiger partial charge in [-0.05, 0) is 58.4 Å². The summed E-state index contributed by atoms with van der Waals surface area (Å²) in [5, 5.41) is 3.28. The van der Waals surface area contributed by atoms with Crippen LogP contribution in [0.3, 0.4) is 0 Å². The summed E-state index contributed by atoms with van der Waals surface area (Å²) in [4.78, 5) is 30.8. The average molecular weight is 402 g/mol. The third-order valence-corrected chi connectivity index (χ3v) is 8.00. The van der Waals surface area contributed by atoms with Crippen LogP contribution in [0, 0.1) is 5.41 Å². The van der Waals surface area contributed by atoms with Crippen LogP contribution < -0.4 is 5.32 Å². The zero-order valence-corrected chi connectivity index (χ0v) is 18.3. The highest BCUT2D eigenvalue weighted by molar-refractivity contribution is 5.91. The normalized spacial score (nSPS) is 29.1. The van der Waals surface area contributed by atoms with Gasteiger partial charge in [0.2, 0.25) is 11.8 Å². The predicted molar refractivity (Wildman–Crippen MR) is 115 cm³/mol. The van der Waals surface area contributed by atoms with Gasteiger partial charge >= 0.3 is 0 Å². The van der Waals surface area contributed by atoms with E-state index in [1.165, 1.54) is 44.9 Å². The zero-order chi connectivity index (χ0) is 20.3. The van der Waals surface area contributed by atoms with E-state index in [-0.39, 0.29) is 11.8 Å². The van der Waals surface area contributed by atoms with Gasteiger partial charge in [-0.2, -0.15) is 0 Å². The number of hydrogen-bond donors (Lipinski definition) is 1. The van der Waals surface area contributed by atoms with Gasteiger partial charge in [0.05, 0.1) is 5.41 Å². The lowest BCUT2D eigenvalue weighted by Gasteiger charge is -2.48. The summed E-state index contributed by atoms with van der Waals surface area (Å²) in [5.41, 5.74) is 0.572. The lowest BCUT2D eigenvalue weighted by molar-refractivity contribution is -0.142. The lowest BCUT2D eigenvalue weighted by atomic mass is 9.68. The molecule has 0 aromatic carbocycles. The minimum absolute atomic E-state index is 0.163. The molecule has 1 unspecified atom stereocenters. The Balaban J connectivity index is 1.41. The minimum Gasteiger partial charge on any atom is -0.354 e. The van der Waals surface area contributed by atoms with E-state index in [0.29, 0.717) is 31.5 Å². The summed E-state index contributed by atoms with van der Waals surface area (Å²) < 4.78 is 0. The number of piperidine rings is 1. The van der Waals surface area contributed by atoms with E-state index in [4.69, 9.17) is 0 Å². The molecule has 0 aromatic heterocycles. The number of amides is 2. The molecule has 1 heterocycles. The molecule has 1 saturated heterocycles. The molecule has 29 heavy (non-hydrogen) atoms. The fourth-order valence-electron chi connectivity index (χ4n) is 6.25. The van der Waals surface area contributed by atoms with Crippen molar-refractivity contribution in [3.63, 3.8) is 0 Å². The number of likely N-dealkylation sites (tertiary alicyclic amines) is 1. The summed E-state index contributed by atoms with van der Waals surface area (Å²) in [6.45, 7) is 1.62. The molecule has 3 aliphatic carbocycles. The first-order valence-electron chi connectivity index (χ1n) is 12.1. The first-order valence-corrected chi connectivity index (χ1v) is 12.1. The SMILES string of the molecule is CN(CCNC(=O)C12CCCC=C1N(C1CCCC1)C(=O)CC2)C1CCCCC1. The quantitative estimate of drug-likeness (QED) is 0.732. The maximum absolute atomic E-state index is 13.5. The predicted octanol–water partition coefficient (Wildman–Crippen LogP) is 3.99. The van der Waals surface area contributed by atoms with Crippen LogP contribution in [0.15, 0.2) is 11.8 Å². The van der Waals surface area contributed by atoms with Crippen molar-refractivity contribution in [2.75, 3.05) is 20.1 Å². The number of nitrogens with one attached hydrogen (secondary N) is 1. The van der Waals surface area contributed by atoms with Crippen molar-refractivity contribution in [1.29, 1.82) is 0 Å². The molecule has 0 spiro atoms. The van der Waals surface area contributed by atoms with Gasteiger partial charge in [-0.3, -0.25) is 9.59 Å². The molecule has 5 nitrogen and oxygen atoms in total. The average Bonchev–Trinajstić information content (AvgIpc) is 3.28. The summed E-state index contributed by atoms with van der Waals surface area (Å²) in [6, 6.07) is 0.992. The van der Waals surface area contributed by atoms with Crippen LogP contribution >= 0.6 is 0 Å². The number of rotatable bonds is 6. The highest BCUT2D eigenvalue weighted by Crippen LogP contribution is 2.48. The molecule has 4 rings (SSSR count). The highest BCUT2D eigenvalue weighted by atomic mass is 16.2. The number of carbonyl (C=O) groups is 2. The van der Waals surface area contributed by atoms with Gasteiger partial charge < -0.3 is 15.1 Å². The molecule has 4 aliphatic rings. The van der Waals surface area contributed by atoms with Crippen LogP contribution in [0.1, 0.15) is 89.9 Å². The van der Waals surface area contributed by atoms with E-state index in [1.54, 1.807) is 0 Å². The molecule has 162 valence electrons. The topological polar surface area (TPSA) is 52.7 Å². The molecule has 1 N–H and O–H groups in total. The van der Waals surface area contributed by atoms with E-state index in [9.17, 15) is 9.59 Å². The Morgan fingerprint density at radius 2 is 1.83 bits per heavy atom. The van der Waals surface area contributed by atoms with Crippen LogP contribution in [-0.4, -0.2) is 53.8 Å². The summed E-state index contributed by atoms with van der Waals surface area (Å²) in [5.74, 6) is 0.404. The number of fused-ring (bicyclic) bond motifs is 1. The first-order chi connectivity index (χ1) is 14.1. The monoisotopic (exact) mass is 401 g/mol. The van der Waals surface area contributed by atoms with Crippen molar-refractivity contribution in [3.05, 3.63) is 11.8 Å². The molecule has 5 heteroatoms. The van der Waals surface area contributed by atoms with Crippen LogP contribution in [0.2, 0.25) is 0 Å². The van der Waals surface area contributed by atoms with Gasteiger partial charge in [-0.15, -0.1) is 0 Å². The first kappa shape index (κ1) is 20.9. The van der Waals surface area contributed by atoms with E-state index in [1.807, 2.05) is 0 Å². The Morgan fingerprint density at radius 1 is 1.10 bits per heavy atom. The fourth-order valence-corrected chi connectivity index (χ4v) is 6.25. The second-order valence-electron chi connectivity index (χ2n) is 9.79. The highest BCUT2D eigenvalue weighted by Gasteiger charge is 2.51. The third kappa shape index (κ3) is 4.26. The van der Waals surface area contributed by atoms with Crippen molar-refractivity contribution >= 4 is 11.8 Å². The van der Waals surface area contributed by atoms with E-state index in [2.05, 4.69) is 28.2 Å². The molecule has 2 amide bonds. The number of likely N-dealkylation sites (N-methyl/N-ethyl adjacent to an activating group) is 1. The van der Waals surface area contributed by atoms with E-state index < -0.39 is 5.41 Å².